The van der Waals surface area contributed by atoms with Gasteiger partial charge in [0.25, 0.3) is 0 Å². The van der Waals surface area contributed by atoms with Crippen molar-refractivity contribution in [2.24, 2.45) is 0 Å². The summed E-state index contributed by atoms with van der Waals surface area (Å²) in [4.78, 5) is 2.44. The van der Waals surface area contributed by atoms with Crippen molar-refractivity contribution in [2.75, 3.05) is 25.4 Å². The number of hydrogen-bond acceptors (Lipinski definition) is 2. The summed E-state index contributed by atoms with van der Waals surface area (Å²) < 4.78 is 0. The highest BCUT2D eigenvalue weighted by atomic mass is 15.2. The van der Waals surface area contributed by atoms with Gasteiger partial charge in [0.2, 0.25) is 0 Å². The van der Waals surface area contributed by atoms with Crippen LogP contribution in [-0.4, -0.2) is 24.5 Å². The number of nitrogen functional groups attached to an aromatic ring is 1. The van der Waals surface area contributed by atoms with Crippen LogP contribution in [0.15, 0.2) is 18.2 Å². The number of aryl methyl sites for hydroxylation is 1. The zero-order valence-electron chi connectivity index (χ0n) is 8.09. The fourth-order valence-corrected chi connectivity index (χ4v) is 1.47. The molecule has 1 aromatic rings. The van der Waals surface area contributed by atoms with E-state index in [0.29, 0.717) is 0 Å². The van der Waals surface area contributed by atoms with Gasteiger partial charge in [-0.15, -0.1) is 0 Å². The van der Waals surface area contributed by atoms with Crippen molar-refractivity contribution in [1.29, 1.82) is 0 Å². The molecule has 0 saturated carbocycles. The van der Waals surface area contributed by atoms with Crippen LogP contribution in [-0.2, 0) is 6.42 Å². The molecule has 13 heavy (non-hydrogen) atoms. The van der Waals surface area contributed by atoms with Gasteiger partial charge < -0.3 is 10.6 Å². The predicted molar refractivity (Wildman–Crippen MR) is 55.7 cm³/mol. The van der Waals surface area contributed by atoms with Crippen molar-refractivity contribution >= 4 is 5.69 Å². The monoisotopic (exact) mass is 176 g/mol. The summed E-state index contributed by atoms with van der Waals surface area (Å²) in [6.45, 7) is 5.83. The molecule has 1 aliphatic rings. The van der Waals surface area contributed by atoms with E-state index in [-0.39, 0.29) is 0 Å². The first-order chi connectivity index (χ1) is 6.25. The van der Waals surface area contributed by atoms with Crippen LogP contribution in [0.3, 0.4) is 0 Å². The molecule has 2 nitrogen and oxygen atoms in total. The summed E-state index contributed by atoms with van der Waals surface area (Å²) in [6, 6.07) is 6.33. The minimum absolute atomic E-state index is 0.899. The molecule has 0 amide bonds. The van der Waals surface area contributed by atoms with Crippen molar-refractivity contribution < 1.29 is 0 Å². The number of hydrogen-bond donors (Lipinski definition) is 1. The highest BCUT2D eigenvalue weighted by Crippen LogP contribution is 2.14. The Labute approximate surface area is 79.4 Å². The van der Waals surface area contributed by atoms with Crippen LogP contribution in [0.4, 0.5) is 5.69 Å². The lowest BCUT2D eigenvalue weighted by atomic mass is 10.1. The molecular formula is C11H16N2. The lowest BCUT2D eigenvalue weighted by Crippen LogP contribution is -2.03. The molecule has 0 atom stereocenters. The summed E-state index contributed by atoms with van der Waals surface area (Å²) in [5.74, 6) is 0. The van der Waals surface area contributed by atoms with E-state index < -0.39 is 0 Å². The first-order valence-corrected chi connectivity index (χ1v) is 4.83. The van der Waals surface area contributed by atoms with E-state index in [1.165, 1.54) is 30.8 Å². The third-order valence-corrected chi connectivity index (χ3v) is 2.59. The minimum atomic E-state index is 0.899. The largest absolute Gasteiger partial charge is 0.399 e. The lowest BCUT2D eigenvalue weighted by molar-refractivity contribution is 0.561. The highest BCUT2D eigenvalue weighted by molar-refractivity contribution is 5.47. The van der Waals surface area contributed by atoms with Gasteiger partial charge in [0.15, 0.2) is 0 Å². The number of rotatable bonds is 3. The van der Waals surface area contributed by atoms with Crippen molar-refractivity contribution in [3.05, 3.63) is 29.3 Å². The fraction of sp³-hybridized carbons (Fsp3) is 0.455. The molecule has 1 aliphatic heterocycles. The van der Waals surface area contributed by atoms with Crippen LogP contribution >= 0.6 is 0 Å². The molecule has 1 aromatic carbocycles. The predicted octanol–water partition coefficient (Wildman–Crippen LogP) is 1.44. The molecular weight excluding hydrogens is 160 g/mol. The molecule has 2 heteroatoms. The molecule has 2 rings (SSSR count). The molecule has 0 radical (unpaired) electrons. The topological polar surface area (TPSA) is 29.0 Å². The molecule has 0 aromatic heterocycles. The van der Waals surface area contributed by atoms with Crippen LogP contribution in [0, 0.1) is 6.92 Å². The third kappa shape index (κ3) is 2.22. The molecule has 0 spiro atoms. The van der Waals surface area contributed by atoms with Crippen molar-refractivity contribution in [1.82, 2.24) is 4.90 Å². The van der Waals surface area contributed by atoms with Gasteiger partial charge in [0, 0.05) is 25.3 Å². The van der Waals surface area contributed by atoms with Gasteiger partial charge in [-0.05, 0) is 30.5 Å². The second-order valence-electron chi connectivity index (χ2n) is 3.78. The maximum atomic E-state index is 5.75. The normalized spacial score (nSPS) is 16.1. The van der Waals surface area contributed by atoms with Gasteiger partial charge in [-0.2, -0.15) is 0 Å². The highest BCUT2D eigenvalue weighted by Gasteiger charge is 2.15. The molecule has 0 aliphatic carbocycles. The summed E-state index contributed by atoms with van der Waals surface area (Å²) >= 11 is 0. The zero-order valence-corrected chi connectivity index (χ0v) is 8.09. The fourth-order valence-electron chi connectivity index (χ4n) is 1.47. The van der Waals surface area contributed by atoms with E-state index in [2.05, 4.69) is 24.0 Å². The van der Waals surface area contributed by atoms with Crippen LogP contribution in [0.5, 0.6) is 0 Å². The summed E-state index contributed by atoms with van der Waals surface area (Å²) in [6.07, 6.45) is 1.15. The van der Waals surface area contributed by atoms with Crippen molar-refractivity contribution in [3.63, 3.8) is 0 Å². The number of benzene rings is 1. The van der Waals surface area contributed by atoms with E-state index in [1.54, 1.807) is 0 Å². The van der Waals surface area contributed by atoms with E-state index in [9.17, 15) is 0 Å². The maximum absolute atomic E-state index is 5.75. The van der Waals surface area contributed by atoms with Gasteiger partial charge in [-0.3, -0.25) is 0 Å². The molecule has 0 bridgehead atoms. The molecule has 0 unspecified atom stereocenters. The van der Waals surface area contributed by atoms with E-state index in [4.69, 9.17) is 5.73 Å². The minimum Gasteiger partial charge on any atom is -0.399 e. The second kappa shape index (κ2) is 3.38. The summed E-state index contributed by atoms with van der Waals surface area (Å²) in [7, 11) is 0. The van der Waals surface area contributed by atoms with Gasteiger partial charge in [-0.1, -0.05) is 12.1 Å². The quantitative estimate of drug-likeness (QED) is 0.557. The Hall–Kier alpha value is -1.02. The number of nitrogens with two attached hydrogens (primary N) is 1. The van der Waals surface area contributed by atoms with Crippen molar-refractivity contribution in [3.8, 4) is 0 Å². The molecule has 2 N–H and O–H groups in total. The van der Waals surface area contributed by atoms with E-state index >= 15 is 0 Å². The standard InChI is InChI=1S/C11H16N2/c1-9-8-10(2-3-11(9)12)4-5-13-6-7-13/h2-3,8H,4-7,12H2,1H3. The number of nitrogens with zero attached hydrogens (tertiary/aromatic N) is 1. The average Bonchev–Trinajstić information content (AvgIpc) is 2.91. The lowest BCUT2D eigenvalue weighted by Gasteiger charge is -2.05. The molecule has 1 saturated heterocycles. The van der Waals surface area contributed by atoms with Crippen LogP contribution in [0.1, 0.15) is 11.1 Å². The summed E-state index contributed by atoms with van der Waals surface area (Å²) in [5, 5.41) is 0. The smallest absolute Gasteiger partial charge is 0.0343 e. The van der Waals surface area contributed by atoms with Crippen molar-refractivity contribution in [2.45, 2.75) is 13.3 Å². The first kappa shape index (κ1) is 8.57. The zero-order chi connectivity index (χ0) is 9.26. The van der Waals surface area contributed by atoms with Gasteiger partial charge in [-0.25, -0.2) is 0 Å². The summed E-state index contributed by atoms with van der Waals surface area (Å²) in [5.41, 5.74) is 9.24. The second-order valence-corrected chi connectivity index (χ2v) is 3.78. The molecule has 70 valence electrons. The average molecular weight is 176 g/mol. The third-order valence-electron chi connectivity index (χ3n) is 2.59. The van der Waals surface area contributed by atoms with Gasteiger partial charge in [0.1, 0.15) is 0 Å². The van der Waals surface area contributed by atoms with Gasteiger partial charge in [0.05, 0.1) is 0 Å². The molecule has 1 heterocycles. The molecule has 1 fully saturated rings. The first-order valence-electron chi connectivity index (χ1n) is 4.83. The van der Waals surface area contributed by atoms with Crippen LogP contribution < -0.4 is 5.73 Å². The Bertz CT molecular complexity index is 303. The Morgan fingerprint density at radius 1 is 1.38 bits per heavy atom. The Kier molecular flexibility index (Phi) is 2.23. The van der Waals surface area contributed by atoms with Crippen LogP contribution in [0.25, 0.3) is 0 Å². The van der Waals surface area contributed by atoms with Crippen LogP contribution in [0.2, 0.25) is 0 Å². The Balaban J connectivity index is 1.98. The Morgan fingerprint density at radius 2 is 2.15 bits per heavy atom. The Morgan fingerprint density at radius 3 is 2.77 bits per heavy atom. The van der Waals surface area contributed by atoms with E-state index in [1.807, 2.05) is 6.07 Å². The number of anilines is 1. The maximum Gasteiger partial charge on any atom is 0.0343 e. The van der Waals surface area contributed by atoms with Gasteiger partial charge >= 0.3 is 0 Å². The SMILES string of the molecule is Cc1cc(CCN2CC2)ccc1N. The van der Waals surface area contributed by atoms with E-state index in [0.717, 1.165) is 12.1 Å².